The number of ether oxygens (including phenoxy) is 1. The summed E-state index contributed by atoms with van der Waals surface area (Å²) in [7, 11) is 0. The Morgan fingerprint density at radius 2 is 1.77 bits per heavy atom. The first-order valence-electron chi connectivity index (χ1n) is 8.36. The second-order valence-corrected chi connectivity index (χ2v) is 7.84. The molecular formula is C20H23NO3S2. The molecule has 138 valence electrons. The van der Waals surface area contributed by atoms with Crippen molar-refractivity contribution in [3.8, 4) is 0 Å². The number of aryl methyl sites for hydroxylation is 2. The van der Waals surface area contributed by atoms with Gasteiger partial charge in [-0.05, 0) is 62.2 Å². The van der Waals surface area contributed by atoms with Gasteiger partial charge in [0.2, 0.25) is 5.91 Å². The molecule has 0 heterocycles. The molecule has 1 amide bonds. The van der Waals surface area contributed by atoms with E-state index in [2.05, 4.69) is 37.4 Å². The summed E-state index contributed by atoms with van der Waals surface area (Å²) in [5.74, 6) is -0.0165. The lowest BCUT2D eigenvalue weighted by atomic mass is 10.2. The summed E-state index contributed by atoms with van der Waals surface area (Å²) in [4.78, 5) is 25.5. The average Bonchev–Trinajstić information content (AvgIpc) is 2.60. The molecule has 0 aliphatic rings. The zero-order valence-electron chi connectivity index (χ0n) is 15.2. The van der Waals surface area contributed by atoms with E-state index in [0.717, 1.165) is 10.6 Å². The van der Waals surface area contributed by atoms with E-state index < -0.39 is 0 Å². The summed E-state index contributed by atoms with van der Waals surface area (Å²) in [6.07, 6.45) is 0. The van der Waals surface area contributed by atoms with Gasteiger partial charge in [-0.1, -0.05) is 23.9 Å². The molecule has 0 saturated carbocycles. The van der Waals surface area contributed by atoms with Crippen molar-refractivity contribution in [2.75, 3.05) is 23.4 Å². The predicted octanol–water partition coefficient (Wildman–Crippen LogP) is 4.69. The van der Waals surface area contributed by atoms with Crippen LogP contribution in [0.2, 0.25) is 0 Å². The molecular weight excluding hydrogens is 366 g/mol. The number of hydrogen-bond acceptors (Lipinski definition) is 5. The van der Waals surface area contributed by atoms with Gasteiger partial charge in [0.1, 0.15) is 0 Å². The van der Waals surface area contributed by atoms with Crippen molar-refractivity contribution in [2.24, 2.45) is 0 Å². The lowest BCUT2D eigenvalue weighted by Crippen LogP contribution is -2.16. The van der Waals surface area contributed by atoms with Crippen LogP contribution in [-0.4, -0.2) is 30.0 Å². The quantitative estimate of drug-likeness (QED) is 0.664. The standard InChI is InChI=1S/C20H23NO3S2/c1-4-24-20(23)13-25-12-19(22)21-16-7-9-17(10-8-16)26-18-11-14(2)5-6-15(18)3/h5-11H,4,12-13H2,1-3H3,(H,21,22). The van der Waals surface area contributed by atoms with Gasteiger partial charge in [-0.3, -0.25) is 9.59 Å². The van der Waals surface area contributed by atoms with Crippen molar-refractivity contribution < 1.29 is 14.3 Å². The van der Waals surface area contributed by atoms with Crippen LogP contribution in [0.25, 0.3) is 0 Å². The third kappa shape index (κ3) is 6.77. The smallest absolute Gasteiger partial charge is 0.315 e. The second kappa shape index (κ2) is 10.3. The summed E-state index contributed by atoms with van der Waals surface area (Å²) in [5, 5.41) is 2.84. The van der Waals surface area contributed by atoms with Gasteiger partial charge in [0.25, 0.3) is 0 Å². The molecule has 0 bridgehead atoms. The fraction of sp³-hybridized carbons (Fsp3) is 0.300. The first kappa shape index (κ1) is 20.4. The number of esters is 1. The van der Waals surface area contributed by atoms with Crippen molar-refractivity contribution in [1.29, 1.82) is 0 Å². The number of benzene rings is 2. The van der Waals surface area contributed by atoms with Crippen LogP contribution in [0.1, 0.15) is 18.1 Å². The Morgan fingerprint density at radius 1 is 1.04 bits per heavy atom. The van der Waals surface area contributed by atoms with E-state index in [1.807, 2.05) is 24.3 Å². The highest BCUT2D eigenvalue weighted by atomic mass is 32.2. The van der Waals surface area contributed by atoms with Crippen LogP contribution in [0.3, 0.4) is 0 Å². The maximum atomic E-state index is 11.9. The van der Waals surface area contributed by atoms with Crippen molar-refractivity contribution in [1.82, 2.24) is 0 Å². The number of rotatable bonds is 8. The number of carbonyl (C=O) groups excluding carboxylic acids is 2. The van der Waals surface area contributed by atoms with Gasteiger partial charge in [-0.2, -0.15) is 0 Å². The molecule has 0 saturated heterocycles. The maximum Gasteiger partial charge on any atom is 0.315 e. The van der Waals surface area contributed by atoms with E-state index in [-0.39, 0.29) is 23.4 Å². The van der Waals surface area contributed by atoms with E-state index in [1.54, 1.807) is 18.7 Å². The van der Waals surface area contributed by atoms with Crippen molar-refractivity contribution in [3.05, 3.63) is 53.6 Å². The van der Waals surface area contributed by atoms with E-state index in [4.69, 9.17) is 4.74 Å². The Labute approximate surface area is 163 Å². The van der Waals surface area contributed by atoms with Gasteiger partial charge in [-0.25, -0.2) is 0 Å². The summed E-state index contributed by atoms with van der Waals surface area (Å²) in [6, 6.07) is 14.2. The fourth-order valence-electron chi connectivity index (χ4n) is 2.18. The minimum absolute atomic E-state index is 0.130. The summed E-state index contributed by atoms with van der Waals surface area (Å²) in [6.45, 7) is 6.31. The molecule has 2 aromatic carbocycles. The molecule has 0 fully saturated rings. The summed E-state index contributed by atoms with van der Waals surface area (Å²) >= 11 is 2.96. The Bertz CT molecular complexity index is 760. The van der Waals surface area contributed by atoms with Gasteiger partial charge in [0.05, 0.1) is 18.1 Å². The Morgan fingerprint density at radius 3 is 2.46 bits per heavy atom. The molecule has 6 heteroatoms. The van der Waals surface area contributed by atoms with Crippen molar-refractivity contribution in [3.63, 3.8) is 0 Å². The minimum Gasteiger partial charge on any atom is -0.465 e. The molecule has 0 unspecified atom stereocenters. The van der Waals surface area contributed by atoms with E-state index in [0.29, 0.717) is 6.61 Å². The SMILES string of the molecule is CCOC(=O)CSCC(=O)Nc1ccc(Sc2cc(C)ccc2C)cc1. The monoisotopic (exact) mass is 389 g/mol. The molecule has 2 rings (SSSR count). The molecule has 4 nitrogen and oxygen atoms in total. The van der Waals surface area contributed by atoms with Crippen LogP contribution in [0.4, 0.5) is 5.69 Å². The van der Waals surface area contributed by atoms with Crippen LogP contribution in [0, 0.1) is 13.8 Å². The zero-order valence-corrected chi connectivity index (χ0v) is 16.8. The lowest BCUT2D eigenvalue weighted by molar-refractivity contribution is -0.139. The van der Waals surface area contributed by atoms with Crippen molar-refractivity contribution in [2.45, 2.75) is 30.6 Å². The number of amides is 1. The van der Waals surface area contributed by atoms with Crippen LogP contribution >= 0.6 is 23.5 Å². The van der Waals surface area contributed by atoms with Gasteiger partial charge < -0.3 is 10.1 Å². The highest BCUT2D eigenvalue weighted by Gasteiger charge is 2.07. The van der Waals surface area contributed by atoms with Gasteiger partial charge in [0.15, 0.2) is 0 Å². The van der Waals surface area contributed by atoms with Gasteiger partial charge >= 0.3 is 5.97 Å². The van der Waals surface area contributed by atoms with E-state index in [9.17, 15) is 9.59 Å². The van der Waals surface area contributed by atoms with E-state index >= 15 is 0 Å². The Hall–Kier alpha value is -1.92. The number of thioether (sulfide) groups is 1. The molecule has 0 aromatic heterocycles. The highest BCUT2D eigenvalue weighted by molar-refractivity contribution is 8.00. The molecule has 1 N–H and O–H groups in total. The van der Waals surface area contributed by atoms with Crippen molar-refractivity contribution >= 4 is 41.1 Å². The van der Waals surface area contributed by atoms with Crippen LogP contribution in [-0.2, 0) is 14.3 Å². The highest BCUT2D eigenvalue weighted by Crippen LogP contribution is 2.31. The molecule has 0 spiro atoms. The Kier molecular flexibility index (Phi) is 8.06. The summed E-state index contributed by atoms with van der Waals surface area (Å²) < 4.78 is 4.83. The van der Waals surface area contributed by atoms with Gasteiger partial charge in [-0.15, -0.1) is 11.8 Å². The fourth-order valence-corrected chi connectivity index (χ4v) is 3.79. The maximum absolute atomic E-state index is 11.9. The minimum atomic E-state index is -0.293. The third-order valence-electron chi connectivity index (χ3n) is 3.47. The predicted molar refractivity (Wildman–Crippen MR) is 109 cm³/mol. The molecule has 0 aliphatic carbocycles. The van der Waals surface area contributed by atoms with Gasteiger partial charge in [0, 0.05) is 15.5 Å². The van der Waals surface area contributed by atoms with E-state index in [1.165, 1.54) is 27.8 Å². The normalized spacial score (nSPS) is 10.4. The lowest BCUT2D eigenvalue weighted by Gasteiger charge is -2.09. The largest absolute Gasteiger partial charge is 0.465 e. The molecule has 0 radical (unpaired) electrons. The molecule has 26 heavy (non-hydrogen) atoms. The average molecular weight is 390 g/mol. The van der Waals surface area contributed by atoms with Crippen LogP contribution < -0.4 is 5.32 Å². The number of carbonyl (C=O) groups is 2. The topological polar surface area (TPSA) is 55.4 Å². The van der Waals surface area contributed by atoms with Crippen LogP contribution in [0.15, 0.2) is 52.3 Å². The molecule has 2 aromatic rings. The first-order valence-corrected chi connectivity index (χ1v) is 10.3. The third-order valence-corrected chi connectivity index (χ3v) is 5.54. The summed E-state index contributed by atoms with van der Waals surface area (Å²) in [5.41, 5.74) is 3.23. The zero-order chi connectivity index (χ0) is 18.9. The number of nitrogens with one attached hydrogen (secondary N) is 1. The second-order valence-electron chi connectivity index (χ2n) is 5.74. The van der Waals surface area contributed by atoms with Crippen LogP contribution in [0.5, 0.6) is 0 Å². The number of hydrogen-bond donors (Lipinski definition) is 1. The Balaban J connectivity index is 1.84. The molecule has 0 aliphatic heterocycles. The molecule has 0 atom stereocenters. The number of anilines is 1. The first-order chi connectivity index (χ1) is 12.5.